The monoisotopic (exact) mass is 429 g/mol. The zero-order chi connectivity index (χ0) is 21.5. The van der Waals surface area contributed by atoms with Crippen LogP contribution in [0.3, 0.4) is 0 Å². The van der Waals surface area contributed by atoms with Gasteiger partial charge in [-0.25, -0.2) is 4.98 Å². The zero-order valence-corrected chi connectivity index (χ0v) is 17.8. The molecular formula is C25H23N3O2S. The summed E-state index contributed by atoms with van der Waals surface area (Å²) in [6.07, 6.45) is 1.71. The molecule has 0 saturated carbocycles. The number of anilines is 1. The van der Waals surface area contributed by atoms with Gasteiger partial charge in [0.05, 0.1) is 15.2 Å². The summed E-state index contributed by atoms with van der Waals surface area (Å²) in [5.41, 5.74) is 3.58. The molecule has 156 valence electrons. The standard InChI is InChI=1S/C25H23N3O2S/c29-23(11-6-16-26-25(30)19-7-2-1-3-8-19)27-20-14-12-18(13-15-20)17-24-28-21-9-4-5-10-22(21)31-24/h1-5,7-10,12-15H,6,11,16-17H2,(H,26,30)(H,27,29). The smallest absolute Gasteiger partial charge is 0.251 e. The van der Waals surface area contributed by atoms with Crippen LogP contribution in [0, 0.1) is 0 Å². The number of benzene rings is 3. The highest BCUT2D eigenvalue weighted by Crippen LogP contribution is 2.24. The number of nitrogens with one attached hydrogen (secondary N) is 2. The number of fused-ring (bicyclic) bond motifs is 1. The molecule has 31 heavy (non-hydrogen) atoms. The molecule has 0 bridgehead atoms. The van der Waals surface area contributed by atoms with Gasteiger partial charge in [0.15, 0.2) is 0 Å². The molecule has 0 unspecified atom stereocenters. The third-order valence-electron chi connectivity index (χ3n) is 4.83. The number of carbonyl (C=O) groups excluding carboxylic acids is 2. The van der Waals surface area contributed by atoms with Gasteiger partial charge in [0.2, 0.25) is 5.91 Å². The van der Waals surface area contributed by atoms with Gasteiger partial charge in [-0.1, -0.05) is 42.5 Å². The van der Waals surface area contributed by atoms with E-state index in [2.05, 4.69) is 21.7 Å². The molecule has 0 aliphatic carbocycles. The van der Waals surface area contributed by atoms with E-state index in [0.717, 1.165) is 28.2 Å². The van der Waals surface area contributed by atoms with Gasteiger partial charge in [-0.2, -0.15) is 0 Å². The average molecular weight is 430 g/mol. The predicted octanol–water partition coefficient (Wildman–Crippen LogP) is 5.04. The number of carbonyl (C=O) groups is 2. The fraction of sp³-hybridized carbons (Fsp3) is 0.160. The largest absolute Gasteiger partial charge is 0.352 e. The molecule has 0 saturated heterocycles. The molecule has 0 spiro atoms. The maximum absolute atomic E-state index is 12.2. The SMILES string of the molecule is O=C(CCCNC(=O)c1ccccc1)Nc1ccc(Cc2nc3ccccc3s2)cc1. The summed E-state index contributed by atoms with van der Waals surface area (Å²) in [6, 6.07) is 25.1. The second-order valence-corrected chi connectivity index (χ2v) is 8.34. The highest BCUT2D eigenvalue weighted by atomic mass is 32.1. The van der Waals surface area contributed by atoms with Crippen LogP contribution in [-0.2, 0) is 11.2 Å². The first-order chi connectivity index (χ1) is 15.2. The van der Waals surface area contributed by atoms with E-state index >= 15 is 0 Å². The number of nitrogens with zero attached hydrogens (tertiary/aromatic N) is 1. The summed E-state index contributed by atoms with van der Waals surface area (Å²) in [6.45, 7) is 0.461. The molecule has 1 aromatic heterocycles. The second kappa shape index (κ2) is 10.00. The van der Waals surface area contributed by atoms with Crippen molar-refractivity contribution in [3.8, 4) is 0 Å². The van der Waals surface area contributed by atoms with E-state index in [0.29, 0.717) is 24.9 Å². The molecule has 0 radical (unpaired) electrons. The van der Waals surface area contributed by atoms with Gasteiger partial charge in [0.25, 0.3) is 5.91 Å². The Labute approximate surface area is 185 Å². The molecular weight excluding hydrogens is 406 g/mol. The summed E-state index contributed by atoms with van der Waals surface area (Å²) in [7, 11) is 0. The Morgan fingerprint density at radius 3 is 2.39 bits per heavy atom. The number of hydrogen-bond donors (Lipinski definition) is 2. The first-order valence-electron chi connectivity index (χ1n) is 10.2. The summed E-state index contributed by atoms with van der Waals surface area (Å²) in [5.74, 6) is -0.183. The Balaban J connectivity index is 1.21. The summed E-state index contributed by atoms with van der Waals surface area (Å²) >= 11 is 1.71. The number of rotatable bonds is 8. The highest BCUT2D eigenvalue weighted by molar-refractivity contribution is 7.18. The van der Waals surface area contributed by atoms with Crippen molar-refractivity contribution in [1.82, 2.24) is 10.3 Å². The lowest BCUT2D eigenvalue weighted by molar-refractivity contribution is -0.116. The van der Waals surface area contributed by atoms with Crippen LogP contribution in [0.15, 0.2) is 78.9 Å². The zero-order valence-electron chi connectivity index (χ0n) is 17.0. The van der Waals surface area contributed by atoms with Gasteiger partial charge in [0.1, 0.15) is 0 Å². The van der Waals surface area contributed by atoms with Crippen LogP contribution in [0.4, 0.5) is 5.69 Å². The fourth-order valence-electron chi connectivity index (χ4n) is 3.24. The van der Waals surface area contributed by atoms with Crippen molar-refractivity contribution >= 4 is 39.1 Å². The number of thiazole rings is 1. The van der Waals surface area contributed by atoms with Crippen LogP contribution in [0.5, 0.6) is 0 Å². The van der Waals surface area contributed by atoms with Crippen molar-refractivity contribution in [2.75, 3.05) is 11.9 Å². The van der Waals surface area contributed by atoms with E-state index in [4.69, 9.17) is 0 Å². The number of amides is 2. The number of aromatic nitrogens is 1. The predicted molar refractivity (Wildman–Crippen MR) is 126 cm³/mol. The van der Waals surface area contributed by atoms with Gasteiger partial charge in [0, 0.05) is 30.6 Å². The molecule has 6 heteroatoms. The Hall–Kier alpha value is -3.51. The van der Waals surface area contributed by atoms with Crippen LogP contribution in [0.1, 0.15) is 33.8 Å². The Bertz CT molecular complexity index is 1140. The van der Waals surface area contributed by atoms with Crippen molar-refractivity contribution in [3.63, 3.8) is 0 Å². The molecule has 3 aromatic carbocycles. The summed E-state index contributed by atoms with van der Waals surface area (Å²) in [5, 5.41) is 6.82. The van der Waals surface area contributed by atoms with Gasteiger partial charge in [-0.15, -0.1) is 11.3 Å². The normalized spacial score (nSPS) is 10.7. The van der Waals surface area contributed by atoms with Crippen molar-refractivity contribution in [2.45, 2.75) is 19.3 Å². The number of hydrogen-bond acceptors (Lipinski definition) is 4. The molecule has 4 aromatic rings. The van der Waals surface area contributed by atoms with Crippen molar-refractivity contribution in [3.05, 3.63) is 95.0 Å². The van der Waals surface area contributed by atoms with Gasteiger partial charge in [-0.05, 0) is 48.4 Å². The summed E-state index contributed by atoms with van der Waals surface area (Å²) in [4.78, 5) is 28.8. The molecule has 2 N–H and O–H groups in total. The molecule has 2 amide bonds. The van der Waals surface area contributed by atoms with Gasteiger partial charge < -0.3 is 10.6 Å². The van der Waals surface area contributed by atoms with E-state index in [1.165, 1.54) is 4.70 Å². The molecule has 1 heterocycles. The quantitative estimate of drug-likeness (QED) is 0.386. The molecule has 4 rings (SSSR count). The minimum Gasteiger partial charge on any atom is -0.352 e. The Morgan fingerprint density at radius 1 is 0.871 bits per heavy atom. The van der Waals surface area contributed by atoms with Crippen LogP contribution < -0.4 is 10.6 Å². The maximum Gasteiger partial charge on any atom is 0.251 e. The average Bonchev–Trinajstić information content (AvgIpc) is 3.21. The molecule has 5 nitrogen and oxygen atoms in total. The van der Waals surface area contributed by atoms with Crippen LogP contribution >= 0.6 is 11.3 Å². The third kappa shape index (κ3) is 5.77. The first kappa shape index (κ1) is 20.8. The third-order valence-corrected chi connectivity index (χ3v) is 5.87. The van der Waals surface area contributed by atoms with Crippen LogP contribution in [0.2, 0.25) is 0 Å². The maximum atomic E-state index is 12.2. The lowest BCUT2D eigenvalue weighted by atomic mass is 10.1. The first-order valence-corrected chi connectivity index (χ1v) is 11.1. The van der Waals surface area contributed by atoms with Crippen molar-refractivity contribution in [1.29, 1.82) is 0 Å². The Morgan fingerprint density at radius 2 is 1.61 bits per heavy atom. The van der Waals surface area contributed by atoms with Crippen LogP contribution in [0.25, 0.3) is 10.2 Å². The van der Waals surface area contributed by atoms with Gasteiger partial charge >= 0.3 is 0 Å². The molecule has 0 aliphatic heterocycles. The molecule has 0 fully saturated rings. The van der Waals surface area contributed by atoms with Crippen LogP contribution in [-0.4, -0.2) is 23.3 Å². The van der Waals surface area contributed by atoms with E-state index in [9.17, 15) is 9.59 Å². The molecule has 0 atom stereocenters. The molecule has 0 aliphatic rings. The van der Waals surface area contributed by atoms with Gasteiger partial charge in [-0.3, -0.25) is 9.59 Å². The fourth-order valence-corrected chi connectivity index (χ4v) is 4.24. The number of para-hydroxylation sites is 1. The summed E-state index contributed by atoms with van der Waals surface area (Å²) < 4.78 is 1.20. The van der Waals surface area contributed by atoms with E-state index in [-0.39, 0.29) is 11.8 Å². The lowest BCUT2D eigenvalue weighted by Crippen LogP contribution is -2.25. The second-order valence-electron chi connectivity index (χ2n) is 7.22. The van der Waals surface area contributed by atoms with Crippen molar-refractivity contribution in [2.24, 2.45) is 0 Å². The van der Waals surface area contributed by atoms with Crippen molar-refractivity contribution < 1.29 is 9.59 Å². The Kier molecular flexibility index (Phi) is 6.69. The minimum absolute atomic E-state index is 0.0621. The van der Waals surface area contributed by atoms with E-state index in [1.54, 1.807) is 23.5 Å². The highest BCUT2D eigenvalue weighted by Gasteiger charge is 2.07. The van der Waals surface area contributed by atoms with E-state index < -0.39 is 0 Å². The topological polar surface area (TPSA) is 71.1 Å². The minimum atomic E-state index is -0.121. The van der Waals surface area contributed by atoms with E-state index in [1.807, 2.05) is 60.7 Å². The lowest BCUT2D eigenvalue weighted by Gasteiger charge is -2.07.